The van der Waals surface area contributed by atoms with E-state index in [9.17, 15) is 9.59 Å². The van der Waals surface area contributed by atoms with Gasteiger partial charge in [-0.05, 0) is 30.2 Å². The standard InChI is InChI=1S/C24H24Cl4N4O3/c1-3-13(2)22(29)19(33)8-10-32(24(34)23(27)28)14-7-9-30-17(11-14)20-12-18(31-35-20)21-15(25)5-4-6-16(21)26/h4-7,9,11-13,22-23H,3,8,10,29H2,1-2H3. The van der Waals surface area contributed by atoms with Crippen molar-refractivity contribution < 1.29 is 14.1 Å². The first-order valence-electron chi connectivity index (χ1n) is 10.9. The minimum Gasteiger partial charge on any atom is -0.354 e. The minimum atomic E-state index is -1.32. The molecule has 186 valence electrons. The van der Waals surface area contributed by atoms with Crippen molar-refractivity contribution in [1.29, 1.82) is 0 Å². The van der Waals surface area contributed by atoms with Gasteiger partial charge >= 0.3 is 0 Å². The highest BCUT2D eigenvalue weighted by molar-refractivity contribution is 6.54. The number of hydrogen-bond donors (Lipinski definition) is 1. The first-order valence-corrected chi connectivity index (χ1v) is 12.5. The molecule has 0 aliphatic carbocycles. The molecule has 1 amide bonds. The zero-order valence-electron chi connectivity index (χ0n) is 19.1. The van der Waals surface area contributed by atoms with Gasteiger partial charge in [0.15, 0.2) is 16.4 Å². The Morgan fingerprint density at radius 1 is 1.11 bits per heavy atom. The predicted molar refractivity (Wildman–Crippen MR) is 140 cm³/mol. The van der Waals surface area contributed by atoms with E-state index in [-0.39, 0.29) is 24.7 Å². The number of alkyl halides is 2. The lowest BCUT2D eigenvalue weighted by Crippen LogP contribution is -2.41. The second kappa shape index (κ2) is 12.2. The maximum atomic E-state index is 12.8. The van der Waals surface area contributed by atoms with Crippen LogP contribution in [0.3, 0.4) is 0 Å². The van der Waals surface area contributed by atoms with Crippen LogP contribution in [0.25, 0.3) is 22.7 Å². The molecule has 3 aromatic rings. The first-order chi connectivity index (χ1) is 16.6. The molecule has 0 radical (unpaired) electrons. The zero-order chi connectivity index (χ0) is 25.7. The van der Waals surface area contributed by atoms with Crippen molar-refractivity contribution in [3.63, 3.8) is 0 Å². The predicted octanol–water partition coefficient (Wildman–Crippen LogP) is 6.18. The van der Waals surface area contributed by atoms with Crippen LogP contribution >= 0.6 is 46.4 Å². The number of carbonyl (C=O) groups excluding carboxylic acids is 2. The lowest BCUT2D eigenvalue weighted by atomic mass is 9.95. The van der Waals surface area contributed by atoms with Gasteiger partial charge in [0, 0.05) is 36.5 Å². The van der Waals surface area contributed by atoms with Crippen LogP contribution in [-0.2, 0) is 9.59 Å². The van der Waals surface area contributed by atoms with E-state index in [0.29, 0.717) is 38.4 Å². The molecule has 7 nitrogen and oxygen atoms in total. The topological polar surface area (TPSA) is 102 Å². The van der Waals surface area contributed by atoms with E-state index in [4.69, 9.17) is 56.7 Å². The van der Waals surface area contributed by atoms with Gasteiger partial charge in [0.1, 0.15) is 11.4 Å². The highest BCUT2D eigenvalue weighted by atomic mass is 35.5. The summed E-state index contributed by atoms with van der Waals surface area (Å²) in [7, 11) is 0. The summed E-state index contributed by atoms with van der Waals surface area (Å²) in [6.45, 7) is 3.93. The number of nitrogens with zero attached hydrogens (tertiary/aromatic N) is 3. The van der Waals surface area contributed by atoms with Gasteiger partial charge in [-0.3, -0.25) is 14.6 Å². The fraction of sp³-hybridized carbons (Fsp3) is 0.333. The van der Waals surface area contributed by atoms with E-state index in [1.54, 1.807) is 36.4 Å². The van der Waals surface area contributed by atoms with Crippen LogP contribution in [0.4, 0.5) is 5.69 Å². The SMILES string of the molecule is CCC(C)C(N)C(=O)CCN(C(=O)C(Cl)Cl)c1ccnc(-c2cc(-c3c(Cl)cccc3Cl)no2)c1. The molecular formula is C24H24Cl4N4O3. The molecule has 2 unspecified atom stereocenters. The number of amides is 1. The summed E-state index contributed by atoms with van der Waals surface area (Å²) in [5.74, 6) is -0.367. The molecule has 1 aromatic carbocycles. The fourth-order valence-corrected chi connectivity index (χ4v) is 4.25. The number of nitrogens with two attached hydrogens (primary N) is 1. The largest absolute Gasteiger partial charge is 0.354 e. The number of carbonyl (C=O) groups is 2. The molecule has 0 bridgehead atoms. The Kier molecular flexibility index (Phi) is 9.55. The van der Waals surface area contributed by atoms with Crippen LogP contribution in [0.15, 0.2) is 47.1 Å². The van der Waals surface area contributed by atoms with Gasteiger partial charge in [-0.25, -0.2) is 0 Å². The molecule has 0 saturated carbocycles. The summed E-state index contributed by atoms with van der Waals surface area (Å²) in [6.07, 6.45) is 2.32. The number of hydrogen-bond acceptors (Lipinski definition) is 6. The average molecular weight is 558 g/mol. The molecule has 0 saturated heterocycles. The molecule has 0 aliphatic rings. The monoisotopic (exact) mass is 556 g/mol. The molecule has 35 heavy (non-hydrogen) atoms. The minimum absolute atomic E-state index is 0.0280. The number of pyridine rings is 1. The Balaban J connectivity index is 1.88. The van der Waals surface area contributed by atoms with E-state index in [1.807, 2.05) is 13.8 Å². The molecular weight excluding hydrogens is 534 g/mol. The van der Waals surface area contributed by atoms with Crippen molar-refractivity contribution in [2.45, 2.75) is 37.6 Å². The molecule has 2 atom stereocenters. The molecule has 2 aromatic heterocycles. The number of rotatable bonds is 10. The van der Waals surface area contributed by atoms with E-state index >= 15 is 0 Å². The molecule has 0 spiro atoms. The van der Waals surface area contributed by atoms with Crippen molar-refractivity contribution in [3.05, 3.63) is 52.6 Å². The smallest absolute Gasteiger partial charge is 0.260 e. The van der Waals surface area contributed by atoms with Gasteiger partial charge in [-0.15, -0.1) is 0 Å². The lowest BCUT2D eigenvalue weighted by molar-refractivity contribution is -0.121. The maximum absolute atomic E-state index is 12.8. The summed E-state index contributed by atoms with van der Waals surface area (Å²) < 4.78 is 5.47. The van der Waals surface area contributed by atoms with Crippen molar-refractivity contribution in [1.82, 2.24) is 10.1 Å². The van der Waals surface area contributed by atoms with E-state index in [1.165, 1.54) is 11.1 Å². The zero-order valence-corrected chi connectivity index (χ0v) is 22.1. The number of halogens is 4. The van der Waals surface area contributed by atoms with E-state index in [0.717, 1.165) is 6.42 Å². The van der Waals surface area contributed by atoms with E-state index < -0.39 is 16.8 Å². The Morgan fingerprint density at radius 2 is 1.80 bits per heavy atom. The third kappa shape index (κ3) is 6.54. The summed E-state index contributed by atoms with van der Waals surface area (Å²) in [5.41, 5.74) is 7.84. The quantitative estimate of drug-likeness (QED) is 0.298. The Morgan fingerprint density at radius 3 is 2.43 bits per heavy atom. The molecule has 3 rings (SSSR count). The number of benzene rings is 1. The van der Waals surface area contributed by atoms with Gasteiger partial charge in [0.2, 0.25) is 0 Å². The van der Waals surface area contributed by atoms with Gasteiger partial charge in [0.25, 0.3) is 5.91 Å². The fourth-order valence-electron chi connectivity index (χ4n) is 3.42. The van der Waals surface area contributed by atoms with Crippen LogP contribution in [-0.4, -0.2) is 39.3 Å². The second-order valence-corrected chi connectivity index (χ2v) is 9.90. The normalized spacial score (nSPS) is 13.0. The van der Waals surface area contributed by atoms with Crippen molar-refractivity contribution >= 4 is 63.8 Å². The second-order valence-electron chi connectivity index (χ2n) is 7.99. The van der Waals surface area contributed by atoms with Gasteiger partial charge in [-0.1, -0.05) is 77.9 Å². The number of anilines is 1. The molecule has 11 heteroatoms. The Hall–Kier alpha value is -2.16. The lowest BCUT2D eigenvalue weighted by Gasteiger charge is -2.24. The van der Waals surface area contributed by atoms with Crippen LogP contribution in [0, 0.1) is 5.92 Å². The molecule has 0 fully saturated rings. The Bertz CT molecular complexity index is 1180. The van der Waals surface area contributed by atoms with Crippen LogP contribution in [0.1, 0.15) is 26.7 Å². The number of aromatic nitrogens is 2. The van der Waals surface area contributed by atoms with Crippen molar-refractivity contribution in [3.8, 4) is 22.7 Å². The number of ketones is 1. The van der Waals surface area contributed by atoms with Gasteiger partial charge in [0.05, 0.1) is 16.1 Å². The van der Waals surface area contributed by atoms with Crippen LogP contribution in [0.5, 0.6) is 0 Å². The summed E-state index contributed by atoms with van der Waals surface area (Å²) >= 11 is 24.3. The van der Waals surface area contributed by atoms with E-state index in [2.05, 4.69) is 10.1 Å². The third-order valence-corrected chi connectivity index (χ3v) is 6.70. The Labute approximate surface area is 223 Å². The van der Waals surface area contributed by atoms with Gasteiger partial charge in [-0.2, -0.15) is 0 Å². The van der Waals surface area contributed by atoms with Gasteiger partial charge < -0.3 is 15.2 Å². The first kappa shape index (κ1) is 27.4. The summed E-state index contributed by atoms with van der Waals surface area (Å²) in [4.78, 5) is 29.7. The molecule has 0 aliphatic heterocycles. The highest BCUT2D eigenvalue weighted by Gasteiger charge is 2.26. The maximum Gasteiger partial charge on any atom is 0.260 e. The van der Waals surface area contributed by atoms with Crippen molar-refractivity contribution in [2.75, 3.05) is 11.4 Å². The third-order valence-electron chi connectivity index (χ3n) is 5.70. The van der Waals surface area contributed by atoms with Crippen LogP contribution in [0.2, 0.25) is 10.0 Å². The van der Waals surface area contributed by atoms with Crippen molar-refractivity contribution in [2.24, 2.45) is 11.7 Å². The summed E-state index contributed by atoms with van der Waals surface area (Å²) in [6, 6.07) is 9.38. The average Bonchev–Trinajstić information content (AvgIpc) is 3.32. The number of Topliss-reactive ketones (excluding diaryl/α,β-unsaturated/α-hetero) is 1. The highest BCUT2D eigenvalue weighted by Crippen LogP contribution is 2.36. The molecule has 2 N–H and O–H groups in total. The summed E-state index contributed by atoms with van der Waals surface area (Å²) in [5, 5.41) is 4.91. The van der Waals surface area contributed by atoms with Crippen LogP contribution < -0.4 is 10.6 Å². The molecule has 2 heterocycles.